The fraction of sp³-hybridized carbons (Fsp3) is 0. The summed E-state index contributed by atoms with van der Waals surface area (Å²) < 4.78 is 38.3. The summed E-state index contributed by atoms with van der Waals surface area (Å²) in [6, 6.07) is 39.6. The van der Waals surface area contributed by atoms with Crippen molar-refractivity contribution in [1.82, 2.24) is 19.5 Å². The molecular weight excluding hydrogens is 557 g/mol. The molecule has 0 aliphatic rings. The molecule has 0 aliphatic heterocycles. The number of benzene rings is 6. The van der Waals surface area contributed by atoms with Crippen LogP contribution in [0.2, 0.25) is 0 Å². The van der Waals surface area contributed by atoms with E-state index in [4.69, 9.17) is 20.4 Å². The van der Waals surface area contributed by atoms with Crippen molar-refractivity contribution in [2.75, 3.05) is 0 Å². The van der Waals surface area contributed by atoms with Crippen molar-refractivity contribution >= 4 is 53.3 Å². The minimum atomic E-state index is 0.204. The second-order valence-electron chi connectivity index (χ2n) is 10.6. The van der Waals surface area contributed by atoms with Crippen LogP contribution in [0.3, 0.4) is 0 Å². The first-order chi connectivity index (χ1) is 23.4. The molecule has 44 heavy (non-hydrogen) atoms. The average molecular weight is 585 g/mol. The fourth-order valence-electron chi connectivity index (χ4n) is 5.94. The molecule has 0 fully saturated rings. The number of hydrogen-bond donors (Lipinski definition) is 0. The van der Waals surface area contributed by atoms with E-state index in [2.05, 4.69) is 24.3 Å². The lowest BCUT2D eigenvalue weighted by atomic mass is 10.1. The van der Waals surface area contributed by atoms with Gasteiger partial charge in [-0.25, -0.2) is 15.0 Å². The van der Waals surface area contributed by atoms with Crippen molar-refractivity contribution in [3.05, 3.63) is 145 Å². The first kappa shape index (κ1) is 21.1. The lowest BCUT2D eigenvalue weighted by Gasteiger charge is -2.09. The van der Waals surface area contributed by atoms with Crippen LogP contribution < -0.4 is 0 Å². The Labute approximate surface area is 263 Å². The molecule has 4 nitrogen and oxygen atoms in total. The summed E-state index contributed by atoms with van der Waals surface area (Å²) in [4.78, 5) is 14.8. The van der Waals surface area contributed by atoms with E-state index in [9.17, 15) is 0 Å². The van der Waals surface area contributed by atoms with Gasteiger partial charge < -0.3 is 4.57 Å². The molecule has 206 valence electrons. The second kappa shape index (κ2) is 9.97. The van der Waals surface area contributed by atoms with Gasteiger partial charge in [-0.15, -0.1) is 11.3 Å². The molecule has 3 aromatic heterocycles. The van der Waals surface area contributed by atoms with Crippen LogP contribution in [0.25, 0.3) is 81.8 Å². The molecule has 0 spiro atoms. The quantitative estimate of drug-likeness (QED) is 0.207. The van der Waals surface area contributed by atoms with Crippen molar-refractivity contribution in [2.24, 2.45) is 0 Å². The summed E-state index contributed by atoms with van der Waals surface area (Å²) in [5.74, 6) is 1.81. The highest BCUT2D eigenvalue weighted by Gasteiger charge is 2.18. The number of hydrogen-bond acceptors (Lipinski definition) is 4. The Kier molecular flexibility index (Phi) is 4.78. The topological polar surface area (TPSA) is 43.6 Å². The van der Waals surface area contributed by atoms with E-state index in [0.717, 1.165) is 42.6 Å². The Morgan fingerprint density at radius 3 is 1.77 bits per heavy atom. The molecule has 5 heteroatoms. The smallest absolute Gasteiger partial charge is 0.165 e. The molecule has 0 saturated carbocycles. The van der Waals surface area contributed by atoms with E-state index in [1.807, 2.05) is 77.4 Å². The van der Waals surface area contributed by atoms with E-state index in [1.54, 1.807) is 23.5 Å². The lowest BCUT2D eigenvalue weighted by Crippen LogP contribution is -2.00. The van der Waals surface area contributed by atoms with Gasteiger partial charge in [-0.05, 0) is 36.4 Å². The molecule has 9 rings (SSSR count). The van der Waals surface area contributed by atoms with Gasteiger partial charge in [0, 0.05) is 53.3 Å². The van der Waals surface area contributed by atoms with E-state index in [0.29, 0.717) is 39.3 Å². The van der Waals surface area contributed by atoms with E-state index >= 15 is 0 Å². The maximum absolute atomic E-state index is 8.83. The molecule has 0 atom stereocenters. The van der Waals surface area contributed by atoms with Crippen molar-refractivity contribution in [3.63, 3.8) is 0 Å². The summed E-state index contributed by atoms with van der Waals surface area (Å²) in [7, 11) is 0. The Balaban J connectivity index is 1.28. The molecule has 6 aromatic carbocycles. The van der Waals surface area contributed by atoms with Gasteiger partial charge in [0.15, 0.2) is 17.5 Å². The van der Waals surface area contributed by atoms with E-state index < -0.39 is 0 Å². The van der Waals surface area contributed by atoms with Crippen LogP contribution in [0.5, 0.6) is 0 Å². The molecule has 0 bridgehead atoms. The zero-order valence-electron chi connectivity index (χ0n) is 27.2. The van der Waals surface area contributed by atoms with Crippen LogP contribution >= 0.6 is 11.3 Å². The Hall–Kier alpha value is -5.65. The number of nitrogens with zero attached hydrogens (tertiary/aromatic N) is 4. The average Bonchev–Trinajstić information content (AvgIpc) is 3.64. The summed E-state index contributed by atoms with van der Waals surface area (Å²) >= 11 is 1.68. The predicted molar refractivity (Wildman–Crippen MR) is 183 cm³/mol. The first-order valence-corrected chi connectivity index (χ1v) is 15.1. The predicted octanol–water partition coefficient (Wildman–Crippen LogP) is 10.3. The molecular formula is C39H24N4S. The van der Waals surface area contributed by atoms with Gasteiger partial charge in [0.25, 0.3) is 0 Å². The third-order valence-corrected chi connectivity index (χ3v) is 9.19. The fourth-order valence-corrected chi connectivity index (χ4v) is 7.14. The van der Waals surface area contributed by atoms with Gasteiger partial charge in [-0.1, -0.05) is 109 Å². The molecule has 0 radical (unpaired) electrons. The maximum atomic E-state index is 8.83. The molecule has 0 amide bonds. The van der Waals surface area contributed by atoms with Crippen molar-refractivity contribution in [2.45, 2.75) is 0 Å². The summed E-state index contributed by atoms with van der Waals surface area (Å²) in [5.41, 5.74) is 4.78. The highest BCUT2D eigenvalue weighted by atomic mass is 32.1. The highest BCUT2D eigenvalue weighted by Crippen LogP contribution is 2.41. The summed E-state index contributed by atoms with van der Waals surface area (Å²) in [6.45, 7) is 0. The molecule has 0 aliphatic carbocycles. The number of aromatic nitrogens is 4. The van der Waals surface area contributed by atoms with Gasteiger partial charge >= 0.3 is 0 Å². The number of para-hydroxylation sites is 2. The lowest BCUT2D eigenvalue weighted by molar-refractivity contribution is 1.08. The maximum Gasteiger partial charge on any atom is 0.165 e. The Bertz CT molecular complexity index is 2600. The third kappa shape index (κ3) is 3.94. The molecule has 0 saturated heterocycles. The standard InChI is InChI=1S/C39H24N4S/c1-3-12-25(13-4-1)37-40-38(26-14-5-2-6-15-26)42-39(41-37)31-19-11-18-30-32-24-27(22-23-35(32)44-36(30)31)43-33-20-9-7-16-28(33)29-17-8-10-21-34(29)43/h1-24H/i7D,8D,20D,21D. The normalized spacial score (nSPS) is 12.9. The Morgan fingerprint density at radius 2 is 1.14 bits per heavy atom. The van der Waals surface area contributed by atoms with Crippen LogP contribution in [-0.4, -0.2) is 19.5 Å². The van der Waals surface area contributed by atoms with Gasteiger partial charge in [0.05, 0.1) is 16.5 Å². The largest absolute Gasteiger partial charge is 0.309 e. The van der Waals surface area contributed by atoms with Crippen molar-refractivity contribution < 1.29 is 5.48 Å². The number of fused-ring (bicyclic) bond motifs is 6. The first-order valence-electron chi connectivity index (χ1n) is 16.3. The molecule has 9 aromatic rings. The SMILES string of the molecule is [2H]c1cc([2H])c2c(c1)c1cc([2H])cc([2H])c1n2-c1ccc2sc3c(-c4nc(-c5ccccc5)nc(-c5ccccc5)n4)cccc3c2c1. The van der Waals surface area contributed by atoms with E-state index in [-0.39, 0.29) is 24.2 Å². The monoisotopic (exact) mass is 584 g/mol. The highest BCUT2D eigenvalue weighted by molar-refractivity contribution is 7.26. The van der Waals surface area contributed by atoms with Crippen LogP contribution in [0, 0.1) is 0 Å². The zero-order chi connectivity index (χ0) is 32.5. The number of rotatable bonds is 4. The third-order valence-electron chi connectivity index (χ3n) is 7.97. The van der Waals surface area contributed by atoms with Gasteiger partial charge in [-0.3, -0.25) is 0 Å². The zero-order valence-corrected chi connectivity index (χ0v) is 24.1. The van der Waals surface area contributed by atoms with Crippen LogP contribution in [-0.2, 0) is 0 Å². The molecule has 3 heterocycles. The summed E-state index contributed by atoms with van der Waals surface area (Å²) in [5, 5.41) is 3.48. The van der Waals surface area contributed by atoms with Crippen molar-refractivity contribution in [1.29, 1.82) is 0 Å². The second-order valence-corrected chi connectivity index (χ2v) is 11.6. The van der Waals surface area contributed by atoms with Gasteiger partial charge in [0.1, 0.15) is 0 Å². The summed E-state index contributed by atoms with van der Waals surface area (Å²) in [6.07, 6.45) is 0. The molecule has 0 N–H and O–H groups in total. The van der Waals surface area contributed by atoms with Gasteiger partial charge in [0.2, 0.25) is 0 Å². The van der Waals surface area contributed by atoms with E-state index in [1.165, 1.54) is 12.1 Å². The molecule has 0 unspecified atom stereocenters. The van der Waals surface area contributed by atoms with Crippen molar-refractivity contribution in [3.8, 4) is 39.9 Å². The minimum Gasteiger partial charge on any atom is -0.309 e. The van der Waals surface area contributed by atoms with Crippen LogP contribution in [0.15, 0.2) is 145 Å². The van der Waals surface area contributed by atoms with Crippen LogP contribution in [0.1, 0.15) is 5.48 Å². The Morgan fingerprint density at radius 1 is 0.523 bits per heavy atom. The van der Waals surface area contributed by atoms with Gasteiger partial charge in [-0.2, -0.15) is 0 Å². The van der Waals surface area contributed by atoms with Crippen LogP contribution in [0.4, 0.5) is 0 Å². The minimum absolute atomic E-state index is 0.204. The number of thiophene rings is 1.